The van der Waals surface area contributed by atoms with Gasteiger partial charge in [-0.1, -0.05) is 29.1 Å². The van der Waals surface area contributed by atoms with E-state index in [9.17, 15) is 4.79 Å². The van der Waals surface area contributed by atoms with E-state index in [-0.39, 0.29) is 12.5 Å². The normalized spacial score (nSPS) is 12.1. The molecule has 1 amide bonds. The van der Waals surface area contributed by atoms with Crippen LogP contribution in [0.1, 0.15) is 20.8 Å². The van der Waals surface area contributed by atoms with Crippen molar-refractivity contribution in [2.75, 3.05) is 13.7 Å². The van der Waals surface area contributed by atoms with Gasteiger partial charge in [-0.25, -0.2) is 0 Å². The van der Waals surface area contributed by atoms with Crippen molar-refractivity contribution in [2.45, 2.75) is 32.4 Å². The molecule has 0 fully saturated rings. The van der Waals surface area contributed by atoms with E-state index >= 15 is 0 Å². The monoisotopic (exact) mass is 343 g/mol. The molecule has 0 aliphatic heterocycles. The van der Waals surface area contributed by atoms with E-state index in [1.807, 2.05) is 13.8 Å². The van der Waals surface area contributed by atoms with Gasteiger partial charge in [0, 0.05) is 17.2 Å². The third-order valence-corrected chi connectivity index (χ3v) is 3.03. The molecular formula is C16H19Cl2NO3. The number of carbonyl (C=O) groups is 1. The van der Waals surface area contributed by atoms with E-state index < -0.39 is 11.6 Å². The Hall–Kier alpha value is -1.41. The smallest absolute Gasteiger partial charge is 0.264 e. The standard InChI is InChI=1S/C16H19Cl2NO3/c1-5-6-16(2,3)19-15(20)14(10-21-4)22-13-8-11(17)7-12(18)9-13/h7-9,14H,10H2,1-4H3,(H,19,20). The summed E-state index contributed by atoms with van der Waals surface area (Å²) in [4.78, 5) is 12.3. The maximum Gasteiger partial charge on any atom is 0.264 e. The number of amides is 1. The highest BCUT2D eigenvalue weighted by molar-refractivity contribution is 6.34. The number of rotatable bonds is 6. The second-order valence-corrected chi connectivity index (χ2v) is 6.03. The lowest BCUT2D eigenvalue weighted by atomic mass is 10.1. The van der Waals surface area contributed by atoms with E-state index in [0.717, 1.165) is 0 Å². The summed E-state index contributed by atoms with van der Waals surface area (Å²) in [5.74, 6) is 5.76. The van der Waals surface area contributed by atoms with Gasteiger partial charge in [-0.05, 0) is 39.0 Å². The molecule has 0 saturated carbocycles. The number of nitrogens with one attached hydrogen (secondary N) is 1. The van der Waals surface area contributed by atoms with Crippen LogP contribution in [-0.2, 0) is 9.53 Å². The van der Waals surface area contributed by atoms with Crippen LogP contribution in [-0.4, -0.2) is 31.3 Å². The van der Waals surface area contributed by atoms with E-state index in [2.05, 4.69) is 17.2 Å². The third-order valence-electron chi connectivity index (χ3n) is 2.60. The molecule has 0 heterocycles. The molecular weight excluding hydrogens is 325 g/mol. The molecule has 1 atom stereocenters. The fraction of sp³-hybridized carbons (Fsp3) is 0.438. The molecule has 120 valence electrons. The molecule has 6 heteroatoms. The van der Waals surface area contributed by atoms with Gasteiger partial charge in [0.25, 0.3) is 5.91 Å². The molecule has 0 radical (unpaired) electrons. The topological polar surface area (TPSA) is 47.6 Å². The number of hydrogen-bond donors (Lipinski definition) is 1. The number of ether oxygens (including phenoxy) is 2. The molecule has 4 nitrogen and oxygen atoms in total. The molecule has 0 aliphatic rings. The first-order chi connectivity index (χ1) is 10.3. The molecule has 1 aromatic carbocycles. The summed E-state index contributed by atoms with van der Waals surface area (Å²) in [6.07, 6.45) is -0.836. The van der Waals surface area contributed by atoms with Crippen molar-refractivity contribution in [2.24, 2.45) is 0 Å². The first-order valence-electron chi connectivity index (χ1n) is 6.65. The molecule has 1 aromatic rings. The minimum Gasteiger partial charge on any atom is -0.478 e. The summed E-state index contributed by atoms with van der Waals surface area (Å²) >= 11 is 11.8. The first-order valence-corrected chi connectivity index (χ1v) is 7.40. The van der Waals surface area contributed by atoms with E-state index in [0.29, 0.717) is 15.8 Å². The van der Waals surface area contributed by atoms with Crippen molar-refractivity contribution in [3.8, 4) is 17.6 Å². The molecule has 0 spiro atoms. The summed E-state index contributed by atoms with van der Waals surface area (Å²) in [6.45, 7) is 5.42. The van der Waals surface area contributed by atoms with Gasteiger partial charge in [-0.2, -0.15) is 0 Å². The van der Waals surface area contributed by atoms with Crippen molar-refractivity contribution < 1.29 is 14.3 Å². The average Bonchev–Trinajstić information content (AvgIpc) is 2.36. The van der Waals surface area contributed by atoms with Crippen molar-refractivity contribution in [1.29, 1.82) is 0 Å². The summed E-state index contributed by atoms with van der Waals surface area (Å²) in [7, 11) is 1.49. The zero-order chi connectivity index (χ0) is 16.8. The van der Waals surface area contributed by atoms with E-state index in [4.69, 9.17) is 32.7 Å². The Morgan fingerprint density at radius 2 is 1.91 bits per heavy atom. The number of halogens is 2. The van der Waals surface area contributed by atoms with Crippen molar-refractivity contribution in [3.63, 3.8) is 0 Å². The number of hydrogen-bond acceptors (Lipinski definition) is 3. The van der Waals surface area contributed by atoms with Crippen LogP contribution in [0.4, 0.5) is 0 Å². The molecule has 1 unspecified atom stereocenters. The molecule has 22 heavy (non-hydrogen) atoms. The Kier molecular flexibility index (Phi) is 7.02. The van der Waals surface area contributed by atoms with Crippen molar-refractivity contribution in [1.82, 2.24) is 5.32 Å². The largest absolute Gasteiger partial charge is 0.478 e. The van der Waals surface area contributed by atoms with Crippen LogP contribution in [0.3, 0.4) is 0 Å². The maximum absolute atomic E-state index is 12.3. The fourth-order valence-corrected chi connectivity index (χ4v) is 2.31. The molecule has 0 saturated heterocycles. The molecule has 1 N–H and O–H groups in total. The van der Waals surface area contributed by atoms with Crippen molar-refractivity contribution >= 4 is 29.1 Å². The van der Waals surface area contributed by atoms with Crippen LogP contribution in [0.25, 0.3) is 0 Å². The van der Waals surface area contributed by atoms with Crippen LogP contribution >= 0.6 is 23.2 Å². The zero-order valence-corrected chi connectivity index (χ0v) is 14.5. The highest BCUT2D eigenvalue weighted by Crippen LogP contribution is 2.25. The number of benzene rings is 1. The average molecular weight is 344 g/mol. The van der Waals surface area contributed by atoms with Gasteiger partial charge in [0.1, 0.15) is 5.75 Å². The second kappa shape index (κ2) is 8.28. The first kappa shape index (κ1) is 18.6. The van der Waals surface area contributed by atoms with Gasteiger partial charge in [-0.3, -0.25) is 4.79 Å². The van der Waals surface area contributed by atoms with Crippen LogP contribution < -0.4 is 10.1 Å². The van der Waals surface area contributed by atoms with Crippen LogP contribution in [0.15, 0.2) is 18.2 Å². The van der Waals surface area contributed by atoms with Crippen LogP contribution in [0.2, 0.25) is 10.0 Å². The van der Waals surface area contributed by atoms with Crippen molar-refractivity contribution in [3.05, 3.63) is 28.2 Å². The van der Waals surface area contributed by atoms with Gasteiger partial charge >= 0.3 is 0 Å². The quantitative estimate of drug-likeness (QED) is 0.806. The van der Waals surface area contributed by atoms with Gasteiger partial charge in [0.2, 0.25) is 0 Å². The molecule has 0 aliphatic carbocycles. The van der Waals surface area contributed by atoms with E-state index in [1.54, 1.807) is 25.1 Å². The maximum atomic E-state index is 12.3. The Morgan fingerprint density at radius 3 is 2.41 bits per heavy atom. The van der Waals surface area contributed by atoms with Gasteiger partial charge < -0.3 is 14.8 Å². The third kappa shape index (κ3) is 6.15. The van der Waals surface area contributed by atoms with Crippen LogP contribution in [0, 0.1) is 11.8 Å². The minimum atomic E-state index is -0.836. The van der Waals surface area contributed by atoms with Gasteiger partial charge in [0.15, 0.2) is 6.10 Å². The van der Waals surface area contributed by atoms with Crippen LogP contribution in [0.5, 0.6) is 5.75 Å². The zero-order valence-electron chi connectivity index (χ0n) is 13.0. The Morgan fingerprint density at radius 1 is 1.32 bits per heavy atom. The fourth-order valence-electron chi connectivity index (χ4n) is 1.81. The predicted octanol–water partition coefficient (Wildman–Crippen LogP) is 3.31. The lowest BCUT2D eigenvalue weighted by Gasteiger charge is -2.24. The molecule has 0 bridgehead atoms. The summed E-state index contributed by atoms with van der Waals surface area (Å²) < 4.78 is 10.7. The lowest BCUT2D eigenvalue weighted by Crippen LogP contribution is -2.50. The van der Waals surface area contributed by atoms with Gasteiger partial charge in [0.05, 0.1) is 12.1 Å². The number of carbonyl (C=O) groups excluding carboxylic acids is 1. The molecule has 1 rings (SSSR count). The Labute approximate surface area is 141 Å². The Bertz CT molecular complexity index is 571. The highest BCUT2D eigenvalue weighted by Gasteiger charge is 2.26. The lowest BCUT2D eigenvalue weighted by molar-refractivity contribution is -0.131. The summed E-state index contributed by atoms with van der Waals surface area (Å²) in [5.41, 5.74) is -0.660. The molecule has 0 aromatic heterocycles. The minimum absolute atomic E-state index is 0.0889. The predicted molar refractivity (Wildman–Crippen MR) is 88.4 cm³/mol. The van der Waals surface area contributed by atoms with Gasteiger partial charge in [-0.15, -0.1) is 5.92 Å². The highest BCUT2D eigenvalue weighted by atomic mass is 35.5. The van der Waals surface area contributed by atoms with E-state index in [1.165, 1.54) is 7.11 Å². The summed E-state index contributed by atoms with van der Waals surface area (Å²) in [6, 6.07) is 4.75. The second-order valence-electron chi connectivity index (χ2n) is 5.16. The number of methoxy groups -OCH3 is 1. The Balaban J connectivity index is 2.88. The summed E-state index contributed by atoms with van der Waals surface area (Å²) in [5, 5.41) is 3.66. The SMILES string of the molecule is CC#CC(C)(C)NC(=O)C(COC)Oc1cc(Cl)cc(Cl)c1.